The molecular formula is C17H25FN2O3. The van der Waals surface area contributed by atoms with Crippen molar-refractivity contribution in [1.29, 1.82) is 0 Å². The highest BCUT2D eigenvalue weighted by atomic mass is 19.1. The van der Waals surface area contributed by atoms with Gasteiger partial charge in [0.25, 0.3) is 0 Å². The molecule has 1 aromatic carbocycles. The van der Waals surface area contributed by atoms with Gasteiger partial charge in [-0.15, -0.1) is 0 Å². The molecule has 0 bridgehead atoms. The molecular weight excluding hydrogens is 299 g/mol. The van der Waals surface area contributed by atoms with Gasteiger partial charge in [0.05, 0.1) is 12.6 Å². The van der Waals surface area contributed by atoms with Crippen molar-refractivity contribution in [1.82, 2.24) is 4.90 Å². The minimum absolute atomic E-state index is 0.0977. The van der Waals surface area contributed by atoms with E-state index < -0.39 is 23.3 Å². The van der Waals surface area contributed by atoms with Crippen LogP contribution in [0.25, 0.3) is 0 Å². The number of nitrogens with two attached hydrogens (primary N) is 1. The van der Waals surface area contributed by atoms with Crippen molar-refractivity contribution in [3.8, 4) is 0 Å². The molecule has 2 atom stereocenters. The fourth-order valence-corrected chi connectivity index (χ4v) is 2.78. The summed E-state index contributed by atoms with van der Waals surface area (Å²) >= 11 is 0. The zero-order valence-electron chi connectivity index (χ0n) is 13.9. The van der Waals surface area contributed by atoms with Crippen LogP contribution in [0.15, 0.2) is 24.3 Å². The first-order chi connectivity index (χ1) is 10.6. The second-order valence-electron chi connectivity index (χ2n) is 7.14. The summed E-state index contributed by atoms with van der Waals surface area (Å²) in [6.45, 7) is 6.01. The van der Waals surface area contributed by atoms with Crippen molar-refractivity contribution < 1.29 is 19.0 Å². The zero-order chi connectivity index (χ0) is 17.3. The summed E-state index contributed by atoms with van der Waals surface area (Å²) in [6.07, 6.45) is 0.650. The lowest BCUT2D eigenvalue weighted by Crippen LogP contribution is -2.56. The molecule has 5 nitrogen and oxygen atoms in total. The van der Waals surface area contributed by atoms with E-state index in [-0.39, 0.29) is 12.4 Å². The van der Waals surface area contributed by atoms with Crippen LogP contribution in [-0.4, -0.2) is 40.4 Å². The maximum absolute atomic E-state index is 13.0. The molecule has 1 amide bonds. The van der Waals surface area contributed by atoms with Crippen molar-refractivity contribution in [2.75, 3.05) is 13.1 Å². The summed E-state index contributed by atoms with van der Waals surface area (Å²) < 4.78 is 18.4. The van der Waals surface area contributed by atoms with E-state index >= 15 is 0 Å². The fourth-order valence-electron chi connectivity index (χ4n) is 2.78. The van der Waals surface area contributed by atoms with Crippen LogP contribution in [0, 0.1) is 5.82 Å². The summed E-state index contributed by atoms with van der Waals surface area (Å²) in [5.41, 5.74) is 4.98. The zero-order valence-corrected chi connectivity index (χ0v) is 13.9. The van der Waals surface area contributed by atoms with E-state index in [9.17, 15) is 14.3 Å². The first kappa shape index (κ1) is 17.7. The molecule has 23 heavy (non-hydrogen) atoms. The summed E-state index contributed by atoms with van der Waals surface area (Å²) in [4.78, 5) is 13.7. The summed E-state index contributed by atoms with van der Waals surface area (Å²) in [7, 11) is 0. The lowest BCUT2D eigenvalue weighted by molar-refractivity contribution is -0.0575. The Morgan fingerprint density at radius 3 is 2.57 bits per heavy atom. The highest BCUT2D eigenvalue weighted by Crippen LogP contribution is 2.32. The number of amides is 1. The quantitative estimate of drug-likeness (QED) is 0.877. The average molecular weight is 324 g/mol. The van der Waals surface area contributed by atoms with Crippen molar-refractivity contribution >= 4 is 6.09 Å². The van der Waals surface area contributed by atoms with E-state index in [2.05, 4.69) is 0 Å². The number of carbonyl (C=O) groups is 1. The van der Waals surface area contributed by atoms with E-state index in [0.29, 0.717) is 24.9 Å². The molecule has 0 saturated carbocycles. The van der Waals surface area contributed by atoms with Crippen molar-refractivity contribution in [3.05, 3.63) is 35.6 Å². The van der Waals surface area contributed by atoms with Crippen molar-refractivity contribution in [3.63, 3.8) is 0 Å². The lowest BCUT2D eigenvalue weighted by Gasteiger charge is -2.42. The molecule has 1 heterocycles. The Balaban J connectivity index is 2.11. The van der Waals surface area contributed by atoms with Gasteiger partial charge in [-0.25, -0.2) is 9.18 Å². The minimum Gasteiger partial charge on any atom is -0.444 e. The van der Waals surface area contributed by atoms with Gasteiger partial charge in [-0.2, -0.15) is 0 Å². The second kappa shape index (κ2) is 6.45. The number of hydrogen-bond donors (Lipinski definition) is 2. The third kappa shape index (κ3) is 4.42. The molecule has 128 valence electrons. The molecule has 3 N–H and O–H groups in total. The van der Waals surface area contributed by atoms with Crippen LogP contribution in [0.2, 0.25) is 0 Å². The fraction of sp³-hybridized carbons (Fsp3) is 0.588. The average Bonchev–Trinajstić information content (AvgIpc) is 2.45. The Morgan fingerprint density at radius 1 is 1.39 bits per heavy atom. The largest absolute Gasteiger partial charge is 0.444 e. The smallest absolute Gasteiger partial charge is 0.410 e. The molecule has 0 aromatic heterocycles. The number of ether oxygens (including phenoxy) is 1. The van der Waals surface area contributed by atoms with Gasteiger partial charge in [0.2, 0.25) is 0 Å². The maximum Gasteiger partial charge on any atom is 0.410 e. The molecule has 1 aliphatic rings. The minimum atomic E-state index is -1.26. The van der Waals surface area contributed by atoms with E-state index in [4.69, 9.17) is 10.5 Å². The molecule has 2 rings (SSSR count). The number of rotatable bonds is 2. The SMILES string of the molecule is CC(C)(C)OC(=O)N1CCCC(O)(C(N)c2ccc(F)cc2)C1. The molecule has 1 aromatic rings. The topological polar surface area (TPSA) is 75.8 Å². The number of likely N-dealkylation sites (tertiary alicyclic amines) is 1. The first-order valence-corrected chi connectivity index (χ1v) is 7.82. The number of β-amino-alcohol motifs (C(OH)–C–C–N with tert-alkyl or cyclic N) is 1. The number of halogens is 1. The van der Waals surface area contributed by atoms with E-state index in [0.717, 1.165) is 0 Å². The van der Waals surface area contributed by atoms with Gasteiger partial charge < -0.3 is 20.5 Å². The highest BCUT2D eigenvalue weighted by molar-refractivity contribution is 5.68. The van der Waals surface area contributed by atoms with Gasteiger partial charge >= 0.3 is 6.09 Å². The maximum atomic E-state index is 13.0. The predicted molar refractivity (Wildman–Crippen MR) is 85.3 cm³/mol. The molecule has 0 aliphatic carbocycles. The highest BCUT2D eigenvalue weighted by Gasteiger charge is 2.41. The molecule has 1 saturated heterocycles. The van der Waals surface area contributed by atoms with E-state index in [1.165, 1.54) is 17.0 Å². The summed E-state index contributed by atoms with van der Waals surface area (Å²) in [5.74, 6) is -0.355. The summed E-state index contributed by atoms with van der Waals surface area (Å²) in [5, 5.41) is 10.9. The van der Waals surface area contributed by atoms with Gasteiger partial charge in [0.15, 0.2) is 0 Å². The Morgan fingerprint density at radius 2 is 2.00 bits per heavy atom. The van der Waals surface area contributed by atoms with Crippen LogP contribution in [0.4, 0.5) is 9.18 Å². The van der Waals surface area contributed by atoms with Crippen LogP contribution in [0.3, 0.4) is 0 Å². The molecule has 1 aliphatic heterocycles. The molecule has 0 radical (unpaired) electrons. The molecule has 6 heteroatoms. The van der Waals surface area contributed by atoms with Crippen LogP contribution < -0.4 is 5.73 Å². The molecule has 0 spiro atoms. The van der Waals surface area contributed by atoms with Gasteiger partial charge in [-0.1, -0.05) is 12.1 Å². The number of nitrogens with zero attached hydrogens (tertiary/aromatic N) is 1. The van der Waals surface area contributed by atoms with Gasteiger partial charge in [0, 0.05) is 6.54 Å². The Labute approximate surface area is 136 Å². The van der Waals surface area contributed by atoms with Crippen LogP contribution in [-0.2, 0) is 4.74 Å². The number of piperidine rings is 1. The van der Waals surface area contributed by atoms with Crippen LogP contribution >= 0.6 is 0 Å². The lowest BCUT2D eigenvalue weighted by atomic mass is 9.82. The Hall–Kier alpha value is -1.66. The van der Waals surface area contributed by atoms with Gasteiger partial charge in [-0.3, -0.25) is 0 Å². The summed E-state index contributed by atoms with van der Waals surface area (Å²) in [6, 6.07) is 5.04. The van der Waals surface area contributed by atoms with Gasteiger partial charge in [-0.05, 0) is 51.3 Å². The van der Waals surface area contributed by atoms with Crippen molar-refractivity contribution in [2.24, 2.45) is 5.73 Å². The normalized spacial score (nSPS) is 23.5. The third-order valence-corrected chi connectivity index (χ3v) is 3.96. The van der Waals surface area contributed by atoms with Gasteiger partial charge in [0.1, 0.15) is 17.0 Å². The standard InChI is InChI=1S/C17H25FN2O3/c1-16(2,3)23-15(21)20-10-4-9-17(22,11-20)14(19)12-5-7-13(18)8-6-12/h5-8,14,22H,4,9-11,19H2,1-3H3. The molecule has 1 fully saturated rings. The van der Waals surface area contributed by atoms with Crippen LogP contribution in [0.1, 0.15) is 45.2 Å². The second-order valence-corrected chi connectivity index (χ2v) is 7.14. The number of aliphatic hydroxyl groups is 1. The molecule has 2 unspecified atom stereocenters. The number of carbonyl (C=O) groups excluding carboxylic acids is 1. The third-order valence-electron chi connectivity index (χ3n) is 3.96. The Bertz CT molecular complexity index is 556. The number of benzene rings is 1. The van der Waals surface area contributed by atoms with Crippen LogP contribution in [0.5, 0.6) is 0 Å². The van der Waals surface area contributed by atoms with E-state index in [1.54, 1.807) is 32.9 Å². The Kier molecular flexibility index (Phi) is 4.96. The first-order valence-electron chi connectivity index (χ1n) is 7.82. The number of hydrogen-bond acceptors (Lipinski definition) is 4. The van der Waals surface area contributed by atoms with E-state index in [1.807, 2.05) is 0 Å². The monoisotopic (exact) mass is 324 g/mol. The predicted octanol–water partition coefficient (Wildman–Crippen LogP) is 2.59. The van der Waals surface area contributed by atoms with Crippen molar-refractivity contribution in [2.45, 2.75) is 50.9 Å².